The number of nitrogens with zero attached hydrogens (tertiary/aromatic N) is 8. The van der Waals surface area contributed by atoms with Gasteiger partial charge in [0.15, 0.2) is 5.82 Å². The molecule has 3 unspecified atom stereocenters. The molecule has 308 valence electrons. The second kappa shape index (κ2) is 14.8. The molecule has 3 aliphatic rings. The number of aryl methyl sites for hydroxylation is 4. The van der Waals surface area contributed by atoms with E-state index in [4.69, 9.17) is 14.2 Å². The van der Waals surface area contributed by atoms with Crippen LogP contribution in [0.25, 0.3) is 39.1 Å². The standard InChI is InChI=1S/C46H43N9O6/c1-6-59-43(56)32-21-48-44(49-22-32)55-46(58)53-28(5)42(26(3)38(53)24-51-55)31-10-8-12-35(18-31)61-39-20-36(39)29-15-16-47-40(19-29)54-45(57)52-27(4)41(25(2)37(52)23-50-54)30-9-7-11-34(17-30)60-33-13-14-33/h7-12,15-19,21-24,33,36,39,44,48H,6,13-14,20H2,1-5H3. The fraction of sp³-hybridized carbons (Fsp3) is 0.283. The molecule has 0 radical (unpaired) electrons. The molecule has 2 aromatic carbocycles. The molecule has 2 aliphatic carbocycles. The molecule has 1 aliphatic heterocycles. The van der Waals surface area contributed by atoms with Crippen LogP contribution in [0.2, 0.25) is 0 Å². The van der Waals surface area contributed by atoms with Gasteiger partial charge >= 0.3 is 17.3 Å². The van der Waals surface area contributed by atoms with Gasteiger partial charge in [-0.05, 0) is 118 Å². The number of aromatic nitrogens is 7. The first-order chi connectivity index (χ1) is 29.6. The van der Waals surface area contributed by atoms with E-state index < -0.39 is 12.3 Å². The van der Waals surface area contributed by atoms with E-state index in [2.05, 4.69) is 25.5 Å². The molecule has 10 rings (SSSR count). The lowest BCUT2D eigenvalue weighted by Gasteiger charge is -2.18. The molecule has 7 aromatic rings. The SMILES string of the molecule is CCOC(=O)C1=CNC(n2ncc3c(C)c(-c4cccc(OC5CC5c5ccnc(-n6ncc7c(C)c(-c8cccc(OC9CC9)c8)c(C)n7c6=O)c5)c4)c(C)n3c2=O)N=C1. The Kier molecular flexibility index (Phi) is 9.18. The van der Waals surface area contributed by atoms with Crippen LogP contribution >= 0.6 is 0 Å². The van der Waals surface area contributed by atoms with Crippen LogP contribution in [0.1, 0.15) is 66.5 Å². The summed E-state index contributed by atoms with van der Waals surface area (Å²) in [6, 6.07) is 19.8. The first kappa shape index (κ1) is 37.9. The predicted octanol–water partition coefficient (Wildman–Crippen LogP) is 6.31. The van der Waals surface area contributed by atoms with Crippen LogP contribution in [0, 0.1) is 27.7 Å². The Hall–Kier alpha value is -7.29. The van der Waals surface area contributed by atoms with E-state index in [1.165, 1.54) is 21.8 Å². The predicted molar refractivity (Wildman–Crippen MR) is 229 cm³/mol. The molecule has 2 saturated carbocycles. The molecule has 15 heteroatoms. The van der Waals surface area contributed by atoms with E-state index in [9.17, 15) is 14.4 Å². The monoisotopic (exact) mass is 817 g/mol. The topological polar surface area (TPSA) is 161 Å². The highest BCUT2D eigenvalue weighted by Crippen LogP contribution is 2.45. The molecule has 2 fully saturated rings. The quantitative estimate of drug-likeness (QED) is 0.147. The first-order valence-electron chi connectivity index (χ1n) is 20.5. The number of aliphatic imine (C=N–C) groups is 1. The van der Waals surface area contributed by atoms with Crippen molar-refractivity contribution in [1.82, 2.24) is 38.7 Å². The number of pyridine rings is 1. The van der Waals surface area contributed by atoms with Gasteiger partial charge in [-0.1, -0.05) is 24.3 Å². The summed E-state index contributed by atoms with van der Waals surface area (Å²) < 4.78 is 23.6. The Morgan fingerprint density at radius 2 is 1.48 bits per heavy atom. The summed E-state index contributed by atoms with van der Waals surface area (Å²) in [6.45, 7) is 9.83. The smallest absolute Gasteiger partial charge is 0.355 e. The maximum absolute atomic E-state index is 14.1. The van der Waals surface area contributed by atoms with Crippen LogP contribution in [0.5, 0.6) is 11.5 Å². The molecular formula is C46H43N9O6. The van der Waals surface area contributed by atoms with Crippen LogP contribution in [0.3, 0.4) is 0 Å². The normalized spacial score (nSPS) is 18.2. The highest BCUT2D eigenvalue weighted by Gasteiger charge is 2.41. The van der Waals surface area contributed by atoms with Crippen LogP contribution < -0.4 is 26.2 Å². The van der Waals surface area contributed by atoms with Crippen LogP contribution in [0.15, 0.2) is 106 Å². The molecule has 3 atom stereocenters. The summed E-state index contributed by atoms with van der Waals surface area (Å²) in [7, 11) is 0. The van der Waals surface area contributed by atoms with E-state index in [1.807, 2.05) is 88.4 Å². The third-order valence-corrected chi connectivity index (χ3v) is 11.7. The van der Waals surface area contributed by atoms with Crippen molar-refractivity contribution in [2.75, 3.05) is 6.61 Å². The van der Waals surface area contributed by atoms with E-state index in [0.717, 1.165) is 80.9 Å². The van der Waals surface area contributed by atoms with Crippen molar-refractivity contribution in [2.24, 2.45) is 4.99 Å². The second-order valence-corrected chi connectivity index (χ2v) is 15.8. The molecular weight excluding hydrogens is 775 g/mol. The summed E-state index contributed by atoms with van der Waals surface area (Å²) in [5.74, 6) is 1.58. The second-order valence-electron chi connectivity index (χ2n) is 15.8. The number of hydrogen-bond acceptors (Lipinski definition) is 11. The van der Waals surface area contributed by atoms with Gasteiger partial charge in [0.1, 0.15) is 17.6 Å². The lowest BCUT2D eigenvalue weighted by molar-refractivity contribution is -0.137. The summed E-state index contributed by atoms with van der Waals surface area (Å²) in [4.78, 5) is 49.0. The number of ether oxygens (including phenoxy) is 3. The maximum atomic E-state index is 14.1. The Morgan fingerprint density at radius 3 is 2.11 bits per heavy atom. The minimum atomic E-state index is -0.830. The Balaban J connectivity index is 0.876. The number of fused-ring (bicyclic) bond motifs is 2. The van der Waals surface area contributed by atoms with Crippen molar-refractivity contribution in [3.8, 4) is 39.6 Å². The number of rotatable bonds is 11. The largest absolute Gasteiger partial charge is 0.490 e. The highest BCUT2D eigenvalue weighted by molar-refractivity contribution is 6.09. The van der Waals surface area contributed by atoms with E-state index in [0.29, 0.717) is 23.2 Å². The van der Waals surface area contributed by atoms with E-state index >= 15 is 0 Å². The number of nitrogens with one attached hydrogen (secondary N) is 1. The third kappa shape index (κ3) is 6.66. The molecule has 61 heavy (non-hydrogen) atoms. The fourth-order valence-electron chi connectivity index (χ4n) is 8.51. The average Bonchev–Trinajstić information content (AvgIpc) is 4.19. The molecule has 15 nitrogen and oxygen atoms in total. The maximum Gasteiger partial charge on any atom is 0.355 e. The Morgan fingerprint density at radius 1 is 0.820 bits per heavy atom. The molecule has 0 spiro atoms. The molecule has 0 saturated heterocycles. The van der Waals surface area contributed by atoms with Gasteiger partial charge in [-0.3, -0.25) is 8.80 Å². The number of carbonyl (C=O) groups is 1. The lowest BCUT2D eigenvalue weighted by Crippen LogP contribution is -2.38. The molecule has 0 bridgehead atoms. The van der Waals surface area contributed by atoms with Gasteiger partial charge in [-0.2, -0.15) is 19.6 Å². The number of benzene rings is 2. The van der Waals surface area contributed by atoms with Gasteiger partial charge in [-0.25, -0.2) is 24.4 Å². The van der Waals surface area contributed by atoms with E-state index in [-0.39, 0.29) is 35.6 Å². The first-order valence-corrected chi connectivity index (χ1v) is 20.5. The highest BCUT2D eigenvalue weighted by atomic mass is 16.5. The average molecular weight is 818 g/mol. The van der Waals surface area contributed by atoms with Gasteiger partial charge in [0, 0.05) is 47.0 Å². The van der Waals surface area contributed by atoms with Crippen molar-refractivity contribution in [3.05, 3.63) is 140 Å². The number of carbonyl (C=O) groups excluding carboxylic acids is 1. The van der Waals surface area contributed by atoms with Gasteiger partial charge in [0.2, 0.25) is 6.29 Å². The summed E-state index contributed by atoms with van der Waals surface area (Å²) >= 11 is 0. The van der Waals surface area contributed by atoms with Crippen LogP contribution in [0.4, 0.5) is 0 Å². The lowest BCUT2D eigenvalue weighted by atomic mass is 10.0. The summed E-state index contributed by atoms with van der Waals surface area (Å²) in [5, 5.41) is 12.0. The van der Waals surface area contributed by atoms with Crippen molar-refractivity contribution in [2.45, 2.75) is 78.3 Å². The van der Waals surface area contributed by atoms with Crippen molar-refractivity contribution >= 4 is 23.2 Å². The number of hydrogen-bond donors (Lipinski definition) is 1. The van der Waals surface area contributed by atoms with Gasteiger partial charge in [-0.15, -0.1) is 0 Å². The zero-order chi connectivity index (χ0) is 42.1. The minimum absolute atomic E-state index is 0.0807. The summed E-state index contributed by atoms with van der Waals surface area (Å²) in [6.07, 6.45) is 10.3. The number of esters is 1. The van der Waals surface area contributed by atoms with Crippen LogP contribution in [-0.4, -0.2) is 64.3 Å². The zero-order valence-electron chi connectivity index (χ0n) is 34.3. The van der Waals surface area contributed by atoms with Crippen molar-refractivity contribution in [3.63, 3.8) is 0 Å². The zero-order valence-corrected chi connectivity index (χ0v) is 34.3. The molecule has 0 amide bonds. The Labute approximate surface area is 349 Å². The van der Waals surface area contributed by atoms with Gasteiger partial charge in [0.25, 0.3) is 0 Å². The minimum Gasteiger partial charge on any atom is -0.490 e. The molecule has 1 N–H and O–H groups in total. The summed E-state index contributed by atoms with van der Waals surface area (Å²) in [5.41, 5.74) is 9.28. The third-order valence-electron chi connectivity index (χ3n) is 11.7. The van der Waals surface area contributed by atoms with Crippen LogP contribution in [-0.2, 0) is 9.53 Å². The van der Waals surface area contributed by atoms with Crippen molar-refractivity contribution in [1.29, 1.82) is 0 Å². The van der Waals surface area contributed by atoms with E-state index in [1.54, 1.807) is 34.3 Å². The Bertz CT molecular complexity index is 3110. The molecule has 6 heterocycles. The van der Waals surface area contributed by atoms with Crippen molar-refractivity contribution < 1.29 is 19.0 Å². The van der Waals surface area contributed by atoms with Gasteiger partial charge in [0.05, 0.1) is 41.7 Å². The fourth-order valence-corrected chi connectivity index (χ4v) is 8.51. The molecule has 5 aromatic heterocycles. The van der Waals surface area contributed by atoms with Gasteiger partial charge < -0.3 is 19.5 Å².